The van der Waals surface area contributed by atoms with Crippen LogP contribution in [0.2, 0.25) is 0 Å². The molecular weight excluding hydrogens is 422 g/mol. The minimum absolute atomic E-state index is 0.143. The van der Waals surface area contributed by atoms with Crippen LogP contribution < -0.4 is 10.6 Å². The molecule has 13 heteroatoms. The lowest BCUT2D eigenvalue weighted by Crippen LogP contribution is -2.48. The maximum absolute atomic E-state index is 13.5. The van der Waals surface area contributed by atoms with Crippen LogP contribution in [0, 0.1) is 17.1 Å². The van der Waals surface area contributed by atoms with E-state index in [4.69, 9.17) is 5.26 Å². The van der Waals surface area contributed by atoms with Crippen molar-refractivity contribution in [1.29, 1.82) is 5.26 Å². The van der Waals surface area contributed by atoms with Gasteiger partial charge in [0.15, 0.2) is 5.69 Å². The van der Waals surface area contributed by atoms with E-state index >= 15 is 0 Å². The zero-order valence-corrected chi connectivity index (χ0v) is 16.4. The molecule has 1 aliphatic heterocycles. The van der Waals surface area contributed by atoms with E-state index in [0.29, 0.717) is 0 Å². The number of nitrogens with zero attached hydrogens (tertiary/aromatic N) is 5. The van der Waals surface area contributed by atoms with Crippen molar-refractivity contribution in [1.82, 2.24) is 25.2 Å². The van der Waals surface area contributed by atoms with Crippen LogP contribution >= 0.6 is 0 Å². The highest BCUT2D eigenvalue weighted by Gasteiger charge is 2.39. The van der Waals surface area contributed by atoms with Crippen molar-refractivity contribution in [2.75, 3.05) is 5.32 Å². The third kappa shape index (κ3) is 4.57. The Kier molecular flexibility index (Phi) is 5.83. The topological polar surface area (TPSA) is 116 Å². The Hall–Kier alpha value is -3.69. The first-order valence-corrected chi connectivity index (χ1v) is 9.08. The third-order valence-corrected chi connectivity index (χ3v) is 4.78. The van der Waals surface area contributed by atoms with Gasteiger partial charge in [-0.2, -0.15) is 18.4 Å². The van der Waals surface area contributed by atoms with Crippen molar-refractivity contribution in [3.63, 3.8) is 0 Å². The third-order valence-electron chi connectivity index (χ3n) is 4.78. The number of hydrogen-bond acceptors (Lipinski definition) is 5. The Morgan fingerprint density at radius 3 is 2.71 bits per heavy atom. The fourth-order valence-electron chi connectivity index (χ4n) is 2.98. The van der Waals surface area contributed by atoms with E-state index in [1.165, 1.54) is 21.7 Å². The Labute approximate surface area is 173 Å². The Balaban J connectivity index is 1.78. The molecule has 31 heavy (non-hydrogen) atoms. The van der Waals surface area contributed by atoms with Crippen molar-refractivity contribution in [2.45, 2.75) is 45.2 Å². The highest BCUT2D eigenvalue weighted by molar-refractivity contribution is 5.94. The maximum Gasteiger partial charge on any atom is 0.408 e. The lowest BCUT2D eigenvalue weighted by molar-refractivity contribution is -0.149. The molecule has 1 aliphatic rings. The summed E-state index contributed by atoms with van der Waals surface area (Å²) in [6.45, 7) is 2.52. The number of carbonyl (C=O) groups is 2. The molecule has 0 saturated heterocycles. The van der Waals surface area contributed by atoms with E-state index in [0.717, 1.165) is 13.0 Å². The quantitative estimate of drug-likeness (QED) is 0.713. The Morgan fingerprint density at radius 1 is 1.35 bits per heavy atom. The summed E-state index contributed by atoms with van der Waals surface area (Å²) in [5, 5.41) is 20.7. The standard InChI is InChI=1S/C18H17F4N7O2/c1-9-7-29-14(15(26-27-29)16(30)24-10(2)18(20,21)22)8-28(9)17(31)25-12-3-4-13(19)11(5-12)6-23/h3-5,9-10H,7-8H2,1-2H3,(H,24,30)(H,25,31)/t9-,10+/m0/s1. The zero-order chi connectivity index (χ0) is 22.9. The summed E-state index contributed by atoms with van der Waals surface area (Å²) in [5.74, 6) is -1.79. The van der Waals surface area contributed by atoms with Gasteiger partial charge in [-0.05, 0) is 32.0 Å². The van der Waals surface area contributed by atoms with Crippen molar-refractivity contribution >= 4 is 17.6 Å². The van der Waals surface area contributed by atoms with E-state index in [1.807, 2.05) is 5.32 Å². The number of aromatic nitrogens is 3. The average molecular weight is 439 g/mol. The fraction of sp³-hybridized carbons (Fsp3) is 0.389. The van der Waals surface area contributed by atoms with Crippen LogP contribution in [0.4, 0.5) is 28.0 Å². The molecule has 3 rings (SSSR count). The van der Waals surface area contributed by atoms with Crippen LogP contribution in [0.15, 0.2) is 18.2 Å². The van der Waals surface area contributed by atoms with Gasteiger partial charge in [0.2, 0.25) is 0 Å². The van der Waals surface area contributed by atoms with Gasteiger partial charge in [0, 0.05) is 5.69 Å². The van der Waals surface area contributed by atoms with Crippen LogP contribution in [-0.4, -0.2) is 50.1 Å². The zero-order valence-electron chi connectivity index (χ0n) is 16.4. The van der Waals surface area contributed by atoms with E-state index in [9.17, 15) is 27.2 Å². The van der Waals surface area contributed by atoms with E-state index in [2.05, 4.69) is 15.6 Å². The van der Waals surface area contributed by atoms with Gasteiger partial charge >= 0.3 is 12.2 Å². The number of halogens is 4. The molecule has 2 atom stereocenters. The monoisotopic (exact) mass is 439 g/mol. The van der Waals surface area contributed by atoms with E-state index in [-0.39, 0.29) is 35.7 Å². The second-order valence-corrected chi connectivity index (χ2v) is 7.02. The van der Waals surface area contributed by atoms with Crippen molar-refractivity contribution in [3.8, 4) is 6.07 Å². The molecule has 0 radical (unpaired) electrons. The molecule has 2 aromatic rings. The molecule has 0 unspecified atom stereocenters. The molecule has 2 N–H and O–H groups in total. The number of benzene rings is 1. The molecule has 0 fully saturated rings. The summed E-state index contributed by atoms with van der Waals surface area (Å²) in [5.41, 5.74) is -0.194. The number of alkyl halides is 3. The molecule has 1 aromatic carbocycles. The molecule has 9 nitrogen and oxygen atoms in total. The second kappa shape index (κ2) is 8.21. The van der Waals surface area contributed by atoms with Gasteiger partial charge in [-0.25, -0.2) is 13.9 Å². The molecule has 0 bridgehead atoms. The van der Waals surface area contributed by atoms with Gasteiger partial charge < -0.3 is 15.5 Å². The van der Waals surface area contributed by atoms with Crippen molar-refractivity contribution in [2.24, 2.45) is 0 Å². The van der Waals surface area contributed by atoms with Crippen LogP contribution in [-0.2, 0) is 13.1 Å². The van der Waals surface area contributed by atoms with Crippen LogP contribution in [0.3, 0.4) is 0 Å². The predicted molar refractivity (Wildman–Crippen MR) is 98.1 cm³/mol. The fourth-order valence-corrected chi connectivity index (χ4v) is 2.98. The molecule has 1 aromatic heterocycles. The van der Waals surface area contributed by atoms with Gasteiger partial charge in [0.25, 0.3) is 5.91 Å². The highest BCUT2D eigenvalue weighted by Crippen LogP contribution is 2.23. The SMILES string of the molecule is C[C@H]1Cn2nnc(C(=O)N[C@H](C)C(F)(F)F)c2CN1C(=O)Nc1ccc(F)c(C#N)c1. The maximum atomic E-state index is 13.5. The van der Waals surface area contributed by atoms with Crippen LogP contribution in [0.1, 0.15) is 35.6 Å². The van der Waals surface area contributed by atoms with Crippen LogP contribution in [0.5, 0.6) is 0 Å². The van der Waals surface area contributed by atoms with Gasteiger partial charge in [-0.15, -0.1) is 5.10 Å². The van der Waals surface area contributed by atoms with E-state index in [1.54, 1.807) is 13.0 Å². The molecule has 164 valence electrons. The molecular formula is C18H17F4N7O2. The number of nitrogens with one attached hydrogen (secondary N) is 2. The average Bonchev–Trinajstić information content (AvgIpc) is 3.10. The minimum Gasteiger partial charge on any atom is -0.339 e. The Bertz CT molecular complexity index is 1060. The molecule has 0 spiro atoms. The lowest BCUT2D eigenvalue weighted by Gasteiger charge is -2.33. The lowest BCUT2D eigenvalue weighted by atomic mass is 10.1. The van der Waals surface area contributed by atoms with Gasteiger partial charge in [-0.1, -0.05) is 5.21 Å². The Morgan fingerprint density at radius 2 is 2.06 bits per heavy atom. The first-order chi connectivity index (χ1) is 14.5. The number of carbonyl (C=O) groups excluding carboxylic acids is 2. The molecule has 2 heterocycles. The number of fused-ring (bicyclic) bond motifs is 1. The summed E-state index contributed by atoms with van der Waals surface area (Å²) in [7, 11) is 0. The normalized spacial score (nSPS) is 16.8. The van der Waals surface area contributed by atoms with Gasteiger partial charge in [0.05, 0.1) is 30.4 Å². The summed E-state index contributed by atoms with van der Waals surface area (Å²) < 4.78 is 53.0. The number of rotatable bonds is 3. The van der Waals surface area contributed by atoms with Crippen molar-refractivity contribution < 1.29 is 27.2 Å². The number of amides is 3. The number of urea groups is 1. The second-order valence-electron chi connectivity index (χ2n) is 7.02. The van der Waals surface area contributed by atoms with E-state index < -0.39 is 36.0 Å². The molecule has 3 amide bonds. The largest absolute Gasteiger partial charge is 0.408 e. The van der Waals surface area contributed by atoms with Crippen LogP contribution in [0.25, 0.3) is 0 Å². The molecule has 0 saturated carbocycles. The first kappa shape index (κ1) is 22.0. The first-order valence-electron chi connectivity index (χ1n) is 9.08. The van der Waals surface area contributed by atoms with Gasteiger partial charge in [-0.3, -0.25) is 4.79 Å². The summed E-state index contributed by atoms with van der Waals surface area (Å²) in [4.78, 5) is 26.3. The highest BCUT2D eigenvalue weighted by atomic mass is 19.4. The molecule has 0 aliphatic carbocycles. The summed E-state index contributed by atoms with van der Waals surface area (Å²) >= 11 is 0. The number of nitriles is 1. The number of hydrogen-bond donors (Lipinski definition) is 2. The summed E-state index contributed by atoms with van der Waals surface area (Å²) in [6, 6.07) is 2.07. The van der Waals surface area contributed by atoms with Gasteiger partial charge in [0.1, 0.15) is 17.9 Å². The number of anilines is 1. The summed E-state index contributed by atoms with van der Waals surface area (Å²) in [6.07, 6.45) is -4.62. The smallest absolute Gasteiger partial charge is 0.339 e. The predicted octanol–water partition coefficient (Wildman–Crippen LogP) is 2.41. The minimum atomic E-state index is -4.62. The van der Waals surface area contributed by atoms with Crippen molar-refractivity contribution in [3.05, 3.63) is 41.0 Å².